The van der Waals surface area contributed by atoms with Crippen LogP contribution in [0.2, 0.25) is 0 Å². The van der Waals surface area contributed by atoms with E-state index in [0.717, 1.165) is 42.9 Å². The Morgan fingerprint density at radius 1 is 1.13 bits per heavy atom. The van der Waals surface area contributed by atoms with Gasteiger partial charge in [0.15, 0.2) is 0 Å². The maximum absolute atomic E-state index is 10.1. The van der Waals surface area contributed by atoms with E-state index >= 15 is 0 Å². The topological polar surface area (TPSA) is 20.2 Å². The normalized spacial score (nSPS) is 38.6. The second-order valence-electron chi connectivity index (χ2n) is 12.5. The van der Waals surface area contributed by atoms with Gasteiger partial charge in [-0.3, -0.25) is 0 Å². The van der Waals surface area contributed by atoms with Crippen molar-refractivity contribution < 1.29 is 5.11 Å². The van der Waals surface area contributed by atoms with Gasteiger partial charge < -0.3 is 5.11 Å². The zero-order chi connectivity index (χ0) is 22.2. The summed E-state index contributed by atoms with van der Waals surface area (Å²) in [5, 5.41) is 10.1. The minimum absolute atomic E-state index is 0.173. The van der Waals surface area contributed by atoms with E-state index in [9.17, 15) is 5.11 Å². The van der Waals surface area contributed by atoms with Gasteiger partial charge in [-0.05, 0) is 111 Å². The third-order valence-corrected chi connectivity index (χ3v) is 9.96. The summed E-state index contributed by atoms with van der Waals surface area (Å²) >= 11 is 0. The molecule has 0 radical (unpaired) electrons. The molecule has 174 valence electrons. The van der Waals surface area contributed by atoms with Crippen LogP contribution in [0.25, 0.3) is 0 Å². The highest BCUT2D eigenvalue weighted by atomic mass is 16.3. The average molecular weight is 425 g/mol. The maximum Gasteiger partial charge on any atom is 0.0583 e. The van der Waals surface area contributed by atoms with Crippen molar-refractivity contribution in [1.82, 2.24) is 0 Å². The van der Waals surface area contributed by atoms with E-state index in [1.807, 2.05) is 0 Å². The minimum atomic E-state index is -0.173. The molecule has 0 amide bonds. The van der Waals surface area contributed by atoms with Gasteiger partial charge in [0.2, 0.25) is 0 Å². The molecule has 0 heterocycles. The van der Waals surface area contributed by atoms with Crippen molar-refractivity contribution in [2.45, 2.75) is 117 Å². The second kappa shape index (κ2) is 9.20. The van der Waals surface area contributed by atoms with Crippen LogP contribution in [0, 0.1) is 34.5 Å². The molecule has 4 saturated carbocycles. The van der Waals surface area contributed by atoms with Gasteiger partial charge in [-0.15, -0.1) is 0 Å². The molecule has 4 fully saturated rings. The quantitative estimate of drug-likeness (QED) is 0.435. The third-order valence-electron chi connectivity index (χ3n) is 9.96. The Morgan fingerprint density at radius 2 is 1.90 bits per heavy atom. The SMILES string of the molecule is C=C1CC[C@H](O)C/C1=C/C=C1CCC[C@@]2(C)C1CC[C@@H]2[C@](C)(CCCC(C)C)C1CC1. The van der Waals surface area contributed by atoms with Crippen molar-refractivity contribution in [2.75, 3.05) is 0 Å². The molecule has 4 aliphatic rings. The van der Waals surface area contributed by atoms with Gasteiger partial charge in [0.1, 0.15) is 0 Å². The van der Waals surface area contributed by atoms with Crippen molar-refractivity contribution >= 4 is 0 Å². The van der Waals surface area contributed by atoms with E-state index < -0.39 is 0 Å². The molecule has 0 aliphatic heterocycles. The minimum Gasteiger partial charge on any atom is -0.393 e. The fraction of sp³-hybridized carbons (Fsp3) is 0.800. The van der Waals surface area contributed by atoms with Crippen LogP contribution in [0.1, 0.15) is 111 Å². The van der Waals surface area contributed by atoms with Gasteiger partial charge in [-0.25, -0.2) is 0 Å². The highest BCUT2D eigenvalue weighted by molar-refractivity contribution is 5.36. The predicted molar refractivity (Wildman–Crippen MR) is 133 cm³/mol. The van der Waals surface area contributed by atoms with Gasteiger partial charge in [0.25, 0.3) is 0 Å². The number of hydrogen-bond donors (Lipinski definition) is 1. The smallest absolute Gasteiger partial charge is 0.0583 e. The van der Waals surface area contributed by atoms with Crippen LogP contribution in [0.3, 0.4) is 0 Å². The molecule has 4 aliphatic carbocycles. The van der Waals surface area contributed by atoms with Gasteiger partial charge in [-0.1, -0.05) is 70.4 Å². The summed E-state index contributed by atoms with van der Waals surface area (Å²) in [6.45, 7) is 14.4. The summed E-state index contributed by atoms with van der Waals surface area (Å²) in [5.74, 6) is 3.49. The zero-order valence-corrected chi connectivity index (χ0v) is 20.9. The Bertz CT molecular complexity index is 723. The highest BCUT2D eigenvalue weighted by Crippen LogP contribution is 2.67. The van der Waals surface area contributed by atoms with Crippen LogP contribution in [-0.4, -0.2) is 11.2 Å². The van der Waals surface area contributed by atoms with Crippen LogP contribution in [0.15, 0.2) is 35.5 Å². The molecule has 1 nitrogen and oxygen atoms in total. The van der Waals surface area contributed by atoms with E-state index in [0.29, 0.717) is 10.8 Å². The Morgan fingerprint density at radius 3 is 2.61 bits per heavy atom. The summed E-state index contributed by atoms with van der Waals surface area (Å²) in [4.78, 5) is 0. The number of hydrogen-bond acceptors (Lipinski definition) is 1. The number of aliphatic hydroxyl groups excluding tert-OH is 1. The molecule has 0 bridgehead atoms. The predicted octanol–water partition coefficient (Wildman–Crippen LogP) is 8.40. The van der Waals surface area contributed by atoms with Crippen LogP contribution in [0.4, 0.5) is 0 Å². The molecule has 1 heteroatoms. The molecule has 0 spiro atoms. The van der Waals surface area contributed by atoms with Crippen molar-refractivity contribution in [2.24, 2.45) is 34.5 Å². The summed E-state index contributed by atoms with van der Waals surface area (Å²) in [5.41, 5.74) is 5.29. The lowest BCUT2D eigenvalue weighted by atomic mass is 9.55. The number of allylic oxidation sites excluding steroid dienone is 4. The first-order valence-corrected chi connectivity index (χ1v) is 13.5. The number of aliphatic hydroxyl groups is 1. The first-order chi connectivity index (χ1) is 14.7. The first-order valence-electron chi connectivity index (χ1n) is 13.5. The van der Waals surface area contributed by atoms with Crippen LogP contribution in [-0.2, 0) is 0 Å². The summed E-state index contributed by atoms with van der Waals surface area (Å²) in [7, 11) is 0. The molecule has 0 aromatic rings. The lowest BCUT2D eigenvalue weighted by molar-refractivity contribution is 0.0114. The van der Waals surface area contributed by atoms with Crippen LogP contribution >= 0.6 is 0 Å². The second-order valence-corrected chi connectivity index (χ2v) is 12.5. The molecule has 31 heavy (non-hydrogen) atoms. The molecular formula is C30H48O. The molecule has 1 N–H and O–H groups in total. The molecule has 0 aromatic carbocycles. The standard InChI is InChI=1S/C30H48O/c1-21(2)8-6-18-29(4,25-13-14-25)28-17-16-27-23(9-7-19-30(27,28)5)11-12-24-20-26(31)15-10-22(24)3/h11-12,21,25-28,31H,3,6-10,13-20H2,1-2,4-5H3/b23-11?,24-12-/t26-,27?,28+,29+,30-/m0/s1. The van der Waals surface area contributed by atoms with E-state index in [-0.39, 0.29) is 6.10 Å². The van der Waals surface area contributed by atoms with Crippen molar-refractivity contribution in [3.05, 3.63) is 35.5 Å². The number of fused-ring (bicyclic) bond motifs is 1. The maximum atomic E-state index is 10.1. The zero-order valence-electron chi connectivity index (χ0n) is 20.9. The van der Waals surface area contributed by atoms with Crippen LogP contribution < -0.4 is 0 Å². The first kappa shape index (κ1) is 23.3. The fourth-order valence-corrected chi connectivity index (χ4v) is 8.02. The van der Waals surface area contributed by atoms with Gasteiger partial charge in [0.05, 0.1) is 6.10 Å². The van der Waals surface area contributed by atoms with E-state index in [2.05, 4.69) is 46.4 Å². The van der Waals surface area contributed by atoms with Crippen molar-refractivity contribution in [1.29, 1.82) is 0 Å². The monoisotopic (exact) mass is 424 g/mol. The molecule has 1 unspecified atom stereocenters. The van der Waals surface area contributed by atoms with Gasteiger partial charge >= 0.3 is 0 Å². The van der Waals surface area contributed by atoms with E-state index in [4.69, 9.17) is 0 Å². The lowest BCUT2D eigenvalue weighted by Gasteiger charge is -2.50. The molecular weight excluding hydrogens is 376 g/mol. The largest absolute Gasteiger partial charge is 0.393 e. The van der Waals surface area contributed by atoms with Gasteiger partial charge in [0, 0.05) is 0 Å². The van der Waals surface area contributed by atoms with E-state index in [1.165, 1.54) is 75.4 Å². The van der Waals surface area contributed by atoms with Crippen LogP contribution in [0.5, 0.6) is 0 Å². The van der Waals surface area contributed by atoms with E-state index in [1.54, 1.807) is 5.57 Å². The lowest BCUT2D eigenvalue weighted by Crippen LogP contribution is -2.42. The summed E-state index contributed by atoms with van der Waals surface area (Å²) in [6, 6.07) is 0. The third kappa shape index (κ3) is 4.78. The van der Waals surface area contributed by atoms with Crippen molar-refractivity contribution in [3.8, 4) is 0 Å². The Kier molecular flexibility index (Phi) is 6.93. The van der Waals surface area contributed by atoms with Crippen molar-refractivity contribution in [3.63, 3.8) is 0 Å². The average Bonchev–Trinajstić information content (AvgIpc) is 3.50. The molecule has 4 rings (SSSR count). The summed E-state index contributed by atoms with van der Waals surface area (Å²) < 4.78 is 0. The van der Waals surface area contributed by atoms with Gasteiger partial charge in [-0.2, -0.15) is 0 Å². The number of rotatable bonds is 7. The molecule has 0 aromatic heterocycles. The summed E-state index contributed by atoms with van der Waals surface area (Å²) in [6.07, 6.45) is 21.4. The highest BCUT2D eigenvalue weighted by Gasteiger charge is 2.58. The Balaban J connectivity index is 1.53. The Hall–Kier alpha value is -0.820. The fourth-order valence-electron chi connectivity index (χ4n) is 8.02. The molecule has 5 atom stereocenters. The Labute approximate surface area is 192 Å². The molecule has 0 saturated heterocycles.